The molecule has 128 heavy (non-hydrogen) atoms. The van der Waals surface area contributed by atoms with Crippen LogP contribution in [0.25, 0.3) is 0 Å². The van der Waals surface area contributed by atoms with Crippen molar-refractivity contribution in [3.05, 3.63) is 339 Å². The van der Waals surface area contributed by atoms with Gasteiger partial charge < -0.3 is 54.3 Å². The predicted octanol–water partition coefficient (Wildman–Crippen LogP) is 23.9. The maximum absolute atomic E-state index is 13.1. The molecule has 0 aliphatic carbocycles. The fraction of sp³-hybridized carbons (Fsp3) is 0.314. The number of benzene rings is 12. The van der Waals surface area contributed by atoms with Crippen LogP contribution in [0.4, 0.5) is 0 Å². The van der Waals surface area contributed by atoms with E-state index in [0.29, 0.717) is 79.7 Å². The van der Waals surface area contributed by atoms with E-state index in [1.54, 1.807) is 180 Å². The smallest absolute Gasteiger partial charge is 1.00 e. The maximum Gasteiger partial charge on any atom is 1.00 e. The second-order valence-corrected chi connectivity index (χ2v) is 36.1. The Bertz CT molecular complexity index is 5670. The Hall–Kier alpha value is -9.33. The molecule has 0 saturated heterocycles. The summed E-state index contributed by atoms with van der Waals surface area (Å²) in [5, 5.41) is 17.0. The number of hydrogen-bond donors (Lipinski definition) is 2. The van der Waals surface area contributed by atoms with Gasteiger partial charge in [0.1, 0.15) is 51.7 Å². The van der Waals surface area contributed by atoms with Crippen molar-refractivity contribution in [1.82, 2.24) is 0 Å². The Kier molecular flexibility index (Phi) is 49.5. The molecule has 0 unspecified atom stereocenters. The second-order valence-electron chi connectivity index (χ2n) is 29.7. The first-order valence-electron chi connectivity index (χ1n) is 39.4. The van der Waals surface area contributed by atoms with Crippen molar-refractivity contribution in [2.75, 3.05) is 62.0 Å². The Morgan fingerprint density at radius 3 is 0.852 bits per heavy atom. The number of ether oxygens (including phenoxy) is 9. The van der Waals surface area contributed by atoms with Crippen molar-refractivity contribution in [3.63, 3.8) is 0 Å². The Labute approximate surface area is 799 Å². The second kappa shape index (κ2) is 54.3. The number of aliphatic hydroxyl groups is 1. The number of aryl methyl sites for hydroxylation is 3. The molecule has 0 aliphatic rings. The van der Waals surface area contributed by atoms with Gasteiger partial charge in [0, 0.05) is 59.8 Å². The molecule has 2 N–H and O–H groups in total. The molecule has 0 radical (unpaired) electrons. The number of halogens is 2. The van der Waals surface area contributed by atoms with Crippen molar-refractivity contribution >= 4 is 52.7 Å². The van der Waals surface area contributed by atoms with E-state index in [1.807, 2.05) is 107 Å². The van der Waals surface area contributed by atoms with Gasteiger partial charge in [-0.3, -0.25) is 0 Å². The van der Waals surface area contributed by atoms with E-state index in [2.05, 4.69) is 84.0 Å². The van der Waals surface area contributed by atoms with Gasteiger partial charge in [0.2, 0.25) is 29.5 Å². The number of aliphatic hydroxyl groups excluding tert-OH is 1. The van der Waals surface area contributed by atoms with E-state index >= 15 is 0 Å². The third-order valence-corrected chi connectivity index (χ3v) is 26.4. The summed E-state index contributed by atoms with van der Waals surface area (Å²) in [5.41, 5.74) is 11.9. The van der Waals surface area contributed by atoms with Crippen LogP contribution in [0.15, 0.2) is 296 Å². The van der Waals surface area contributed by atoms with E-state index in [9.17, 15) is 30.4 Å². The summed E-state index contributed by atoms with van der Waals surface area (Å²) >= 11 is 12.3. The van der Waals surface area contributed by atoms with Crippen molar-refractivity contribution in [1.29, 1.82) is 0 Å². The Balaban J connectivity index is 0.00000183. The number of rotatable bonds is 32. The van der Waals surface area contributed by atoms with Gasteiger partial charge in [0.15, 0.2) is 0 Å². The molecule has 12 aromatic carbocycles. The molecule has 690 valence electrons. The third kappa shape index (κ3) is 30.4. The van der Waals surface area contributed by atoms with E-state index in [1.165, 1.54) is 5.56 Å². The molecule has 23 heteroatoms. The van der Waals surface area contributed by atoms with Crippen molar-refractivity contribution < 1.29 is 109 Å². The molecule has 0 bridgehead atoms. The summed E-state index contributed by atoms with van der Waals surface area (Å²) in [6.07, 6.45) is 0. The molecule has 0 aliphatic heterocycles. The summed E-state index contributed by atoms with van der Waals surface area (Å²) in [6.45, 7) is 25.3. The fourth-order valence-electron chi connectivity index (χ4n) is 12.8. The van der Waals surface area contributed by atoms with Crippen molar-refractivity contribution in [2.24, 2.45) is 0 Å². The minimum Gasteiger partial charge on any atom is -1.00 e. The number of phenolic OH excluding ortho intramolecular Hbond substituents is 1. The largest absolute Gasteiger partial charge is 1.00 e. The first-order chi connectivity index (χ1) is 57.8. The molecule has 12 aromatic rings. The van der Waals surface area contributed by atoms with E-state index in [4.69, 9.17) is 70.9 Å². The van der Waals surface area contributed by atoms with Crippen LogP contribution in [0, 0.1) is 20.8 Å². The summed E-state index contributed by atoms with van der Waals surface area (Å²) < 4.78 is 129. The van der Waals surface area contributed by atoms with Crippen LogP contribution < -0.4 is 53.2 Å². The average Bonchev–Trinajstić information content (AvgIpc) is 0.786. The fourth-order valence-corrected chi connectivity index (χ4v) is 17.0. The molecule has 17 nitrogen and oxygen atoms in total. The van der Waals surface area contributed by atoms with Crippen LogP contribution in [-0.2, 0) is 89.7 Å². The number of aromatic hydroxyl groups is 1. The van der Waals surface area contributed by atoms with E-state index in [0.717, 1.165) is 79.8 Å². The summed E-state index contributed by atoms with van der Waals surface area (Å²) in [7, 11) is -3.22. The summed E-state index contributed by atoms with van der Waals surface area (Å²) in [6, 6.07) is 79.4. The number of sulfone groups is 3. The zero-order valence-corrected chi connectivity index (χ0v) is 78.5. The summed E-state index contributed by atoms with van der Waals surface area (Å²) in [5.74, 6) is 5.73. The summed E-state index contributed by atoms with van der Waals surface area (Å²) in [4.78, 5) is 1.42. The van der Waals surface area contributed by atoms with Crippen LogP contribution in [0.3, 0.4) is 0 Å². The first-order valence-corrected chi connectivity index (χ1v) is 44.9. The molecule has 0 spiro atoms. The zero-order valence-electron chi connectivity index (χ0n) is 73.6. The normalized spacial score (nSPS) is 10.9. The first kappa shape index (κ1) is 117. The van der Waals surface area contributed by atoms with Gasteiger partial charge in [-0.2, -0.15) is 0 Å². The van der Waals surface area contributed by atoms with Gasteiger partial charge in [-0.05, 0) is 230 Å². The molecule has 0 amide bonds. The Morgan fingerprint density at radius 1 is 0.305 bits per heavy atom. The number of methoxy groups -OCH3 is 4. The topological polar surface area (TPSA) is 226 Å². The molecular weight excluding hydrogens is 1720 g/mol. The Morgan fingerprint density at radius 2 is 0.547 bits per heavy atom. The van der Waals surface area contributed by atoms with Gasteiger partial charge in [0.25, 0.3) is 0 Å². The molecule has 0 fully saturated rings. The number of hydrogen-bond acceptors (Lipinski definition) is 17. The minimum absolute atomic E-state index is 0. The monoisotopic (exact) mass is 1860 g/mol. The van der Waals surface area contributed by atoms with Crippen LogP contribution >= 0.6 is 23.2 Å². The average molecular weight is 1860 g/mol. The van der Waals surface area contributed by atoms with Gasteiger partial charge in [-0.15, -0.1) is 23.2 Å². The quantitative estimate of drug-likeness (QED) is 0.0227. The zero-order chi connectivity index (χ0) is 88.3. The molecule has 0 saturated carbocycles. The van der Waals surface area contributed by atoms with Crippen LogP contribution in [0.5, 0.6) is 51.7 Å². The predicted molar refractivity (Wildman–Crippen MR) is 522 cm³/mol. The third-order valence-electron chi connectivity index (χ3n) is 20.5. The van der Waals surface area contributed by atoms with Gasteiger partial charge in [-0.1, -0.05) is 208 Å². The molecule has 12 rings (SSSR count). The number of alkyl halides is 2. The van der Waals surface area contributed by atoms with Crippen LogP contribution in [-0.4, -0.2) is 97.4 Å². The van der Waals surface area contributed by atoms with E-state index < -0.39 is 29.5 Å². The number of phenols is 1. The van der Waals surface area contributed by atoms with Crippen LogP contribution in [0.1, 0.15) is 174 Å². The molecular formula is C105H135Cl2NaO17S3. The molecule has 0 atom stereocenters. The standard InChI is InChI=1S/C37H44O8S.C30H28Cl2O4S.C29H28O4S.C2H6.CH4O.6CH4.Na.H/c1-27-7-13-33(14-8-27)46(38,39)34-15-11-32(12-16-34)45-36-18-10-31(24-29(36)26-44-22-20-41-5)37(2,3)30-9-17-35(42-6)28(23-30)25-43-21-19-40-4;1-20-4-10-26(11-5-20)37(34,35)27-12-8-25(9-13-27)36-29-15-7-24(17-22(29)19-32)30(2,3)23-6-14-28(33)21(16-23)18-31;1-21-5-17-27(18-6-21)34(30,31)28-19-15-26(16-20-28)33-25-13-9-23(10-14-25)29(2,3)22-7-11-24(32-4)12-8-22;2*1-2;;;;;;;;/h7-18,23-24H,19-22,25-26H2,1-6H3;4-17,33H,18-19H2,1-3H3;5-20H,1-4H3;1-2H3;2H,1H3;6*1H4;;/q;;;;;;;;;;;+1;-1. The van der Waals surface area contributed by atoms with Gasteiger partial charge in [0.05, 0.1) is 95.0 Å². The SMILES string of the molecule is C.C.C.C.C.C.CC.CO.COCCOCc1cc(C(C)(C)c2ccc(Oc3ccc(S(=O)(=O)c4ccc(C)cc4)cc3)c(COCCOC)c2)ccc1OC.COc1ccc(C(C)(C)c2ccc(Oc3ccc(S(=O)(=O)c4ccc(C)cc4)cc3)cc2)cc1.Cc1ccc(S(=O)(=O)c2ccc(Oc3ccc(C(C)(C)c4ccc(O)c(CCl)c4)cc3CCl)cc2)cc1.[H-].[Na+]. The van der Waals surface area contributed by atoms with Crippen molar-refractivity contribution in [3.8, 4) is 51.7 Å². The molecule has 0 aromatic heterocycles. The van der Waals surface area contributed by atoms with Gasteiger partial charge in [-0.25, -0.2) is 25.3 Å². The van der Waals surface area contributed by atoms with Crippen molar-refractivity contribution in [2.45, 2.75) is 191 Å². The maximum atomic E-state index is 13.1. The molecule has 0 heterocycles. The van der Waals surface area contributed by atoms with Crippen LogP contribution in [0.2, 0.25) is 0 Å². The van der Waals surface area contributed by atoms with Gasteiger partial charge >= 0.3 is 29.6 Å². The minimum atomic E-state index is -3.64. The van der Waals surface area contributed by atoms with E-state index in [-0.39, 0.29) is 139 Å².